The highest BCUT2D eigenvalue weighted by atomic mass is 16.5. The summed E-state index contributed by atoms with van der Waals surface area (Å²) in [6, 6.07) is 26.6. The number of hydrogen-bond donors (Lipinski definition) is 2. The summed E-state index contributed by atoms with van der Waals surface area (Å²) in [4.78, 5) is 38.1. The maximum atomic E-state index is 13.3. The van der Waals surface area contributed by atoms with Crippen LogP contribution >= 0.6 is 0 Å². The fourth-order valence-electron chi connectivity index (χ4n) is 3.55. The number of nitrogens with one attached hydrogen (secondary N) is 2. The molecule has 2 atom stereocenters. The standard InChI is InChI=1S/C27H28N2O4/c1-33-25(30)19-23(17-20-11-5-2-6-12-20)28-27(32)24(18-21-13-7-3-8-14-21)29-26(31)22-15-9-4-10-16-22/h2-16,23-24H,17-19H2,1H3,(H,28,32)(H,29,31)/t23-,24-/m0/s1. The van der Waals surface area contributed by atoms with Crippen LogP contribution in [-0.4, -0.2) is 37.0 Å². The number of methoxy groups -OCH3 is 1. The van der Waals surface area contributed by atoms with E-state index in [-0.39, 0.29) is 18.2 Å². The van der Waals surface area contributed by atoms with Crippen LogP contribution in [-0.2, 0) is 27.2 Å². The van der Waals surface area contributed by atoms with E-state index in [0.717, 1.165) is 11.1 Å². The molecule has 0 aliphatic carbocycles. The van der Waals surface area contributed by atoms with Gasteiger partial charge in [0.25, 0.3) is 5.91 Å². The van der Waals surface area contributed by atoms with Gasteiger partial charge >= 0.3 is 5.97 Å². The van der Waals surface area contributed by atoms with Gasteiger partial charge in [-0.15, -0.1) is 0 Å². The third kappa shape index (κ3) is 7.61. The summed E-state index contributed by atoms with van der Waals surface area (Å²) in [5, 5.41) is 5.80. The first-order valence-corrected chi connectivity index (χ1v) is 10.9. The molecular weight excluding hydrogens is 416 g/mol. The van der Waals surface area contributed by atoms with E-state index < -0.39 is 18.1 Å². The Hall–Kier alpha value is -3.93. The minimum absolute atomic E-state index is 0.0296. The van der Waals surface area contributed by atoms with Crippen LogP contribution in [0.25, 0.3) is 0 Å². The van der Waals surface area contributed by atoms with Crippen LogP contribution in [0.2, 0.25) is 0 Å². The summed E-state index contributed by atoms with van der Waals surface area (Å²) >= 11 is 0. The molecule has 0 aromatic heterocycles. The molecule has 33 heavy (non-hydrogen) atoms. The van der Waals surface area contributed by atoms with Crippen molar-refractivity contribution in [2.75, 3.05) is 7.11 Å². The number of esters is 1. The monoisotopic (exact) mass is 444 g/mol. The number of rotatable bonds is 10. The van der Waals surface area contributed by atoms with Crippen molar-refractivity contribution in [1.29, 1.82) is 0 Å². The average molecular weight is 445 g/mol. The average Bonchev–Trinajstić information content (AvgIpc) is 2.85. The molecule has 3 rings (SSSR count). The smallest absolute Gasteiger partial charge is 0.307 e. The highest BCUT2D eigenvalue weighted by Gasteiger charge is 2.25. The van der Waals surface area contributed by atoms with Gasteiger partial charge in [-0.3, -0.25) is 14.4 Å². The van der Waals surface area contributed by atoms with Crippen molar-refractivity contribution in [2.45, 2.75) is 31.3 Å². The first-order chi connectivity index (χ1) is 16.0. The third-order valence-corrected chi connectivity index (χ3v) is 5.25. The molecule has 0 heterocycles. The van der Waals surface area contributed by atoms with Gasteiger partial charge < -0.3 is 15.4 Å². The second kappa shape index (κ2) is 12.2. The van der Waals surface area contributed by atoms with Gasteiger partial charge in [-0.2, -0.15) is 0 Å². The van der Waals surface area contributed by atoms with E-state index in [0.29, 0.717) is 18.4 Å². The number of hydrogen-bond acceptors (Lipinski definition) is 4. The van der Waals surface area contributed by atoms with E-state index >= 15 is 0 Å². The summed E-state index contributed by atoms with van der Waals surface area (Å²) in [5.74, 6) is -1.10. The lowest BCUT2D eigenvalue weighted by molar-refractivity contribution is -0.141. The van der Waals surface area contributed by atoms with Crippen LogP contribution in [0.1, 0.15) is 27.9 Å². The maximum absolute atomic E-state index is 13.3. The molecular formula is C27H28N2O4. The molecule has 0 unspecified atom stereocenters. The molecule has 0 saturated heterocycles. The Bertz CT molecular complexity index is 1040. The van der Waals surface area contributed by atoms with Crippen molar-refractivity contribution < 1.29 is 19.1 Å². The summed E-state index contributed by atoms with van der Waals surface area (Å²) in [5.41, 5.74) is 2.37. The van der Waals surface area contributed by atoms with Gasteiger partial charge in [-0.1, -0.05) is 78.9 Å². The summed E-state index contributed by atoms with van der Waals surface area (Å²) in [6.45, 7) is 0. The number of carbonyl (C=O) groups is 3. The minimum atomic E-state index is -0.809. The van der Waals surface area contributed by atoms with Crippen molar-refractivity contribution in [1.82, 2.24) is 10.6 Å². The molecule has 0 bridgehead atoms. The van der Waals surface area contributed by atoms with Crippen molar-refractivity contribution in [3.8, 4) is 0 Å². The zero-order chi connectivity index (χ0) is 23.5. The lowest BCUT2D eigenvalue weighted by Crippen LogP contribution is -2.51. The van der Waals surface area contributed by atoms with E-state index in [1.165, 1.54) is 7.11 Å². The third-order valence-electron chi connectivity index (χ3n) is 5.25. The lowest BCUT2D eigenvalue weighted by Gasteiger charge is -2.23. The van der Waals surface area contributed by atoms with Crippen LogP contribution in [0.3, 0.4) is 0 Å². The molecule has 0 saturated carbocycles. The Balaban J connectivity index is 1.78. The normalized spacial score (nSPS) is 12.3. The van der Waals surface area contributed by atoms with Gasteiger partial charge in [0.2, 0.25) is 5.91 Å². The Morgan fingerprint density at radius 2 is 1.24 bits per heavy atom. The van der Waals surface area contributed by atoms with E-state index in [2.05, 4.69) is 10.6 Å². The Labute approximate surface area is 194 Å². The lowest BCUT2D eigenvalue weighted by atomic mass is 10.0. The molecule has 3 aromatic carbocycles. The van der Waals surface area contributed by atoms with Crippen LogP contribution in [0, 0.1) is 0 Å². The first-order valence-electron chi connectivity index (χ1n) is 10.9. The van der Waals surface area contributed by atoms with E-state index in [4.69, 9.17) is 4.74 Å². The van der Waals surface area contributed by atoms with Crippen molar-refractivity contribution in [3.63, 3.8) is 0 Å². The predicted octanol–water partition coefficient (Wildman–Crippen LogP) is 3.32. The van der Waals surface area contributed by atoms with Crippen molar-refractivity contribution in [3.05, 3.63) is 108 Å². The largest absolute Gasteiger partial charge is 0.469 e. The van der Waals surface area contributed by atoms with E-state index in [1.807, 2.05) is 66.7 Å². The Morgan fingerprint density at radius 1 is 0.727 bits per heavy atom. The van der Waals surface area contributed by atoms with Crippen molar-refractivity contribution in [2.24, 2.45) is 0 Å². The van der Waals surface area contributed by atoms with Gasteiger partial charge in [-0.05, 0) is 29.7 Å². The van der Waals surface area contributed by atoms with Crippen LogP contribution in [0.4, 0.5) is 0 Å². The molecule has 0 aliphatic heterocycles. The fourth-order valence-corrected chi connectivity index (χ4v) is 3.55. The van der Waals surface area contributed by atoms with Gasteiger partial charge in [-0.25, -0.2) is 0 Å². The Kier molecular flexibility index (Phi) is 8.77. The topological polar surface area (TPSA) is 84.5 Å². The van der Waals surface area contributed by atoms with Gasteiger partial charge in [0, 0.05) is 18.0 Å². The second-order valence-corrected chi connectivity index (χ2v) is 7.76. The Morgan fingerprint density at radius 3 is 1.79 bits per heavy atom. The highest BCUT2D eigenvalue weighted by molar-refractivity contribution is 5.97. The fraction of sp³-hybridized carbons (Fsp3) is 0.222. The van der Waals surface area contributed by atoms with E-state index in [9.17, 15) is 14.4 Å². The second-order valence-electron chi connectivity index (χ2n) is 7.76. The molecule has 6 nitrogen and oxygen atoms in total. The summed E-state index contributed by atoms with van der Waals surface area (Å²) in [6.07, 6.45) is 0.815. The van der Waals surface area contributed by atoms with E-state index in [1.54, 1.807) is 24.3 Å². The van der Waals surface area contributed by atoms with Crippen LogP contribution < -0.4 is 10.6 Å². The molecule has 2 N–H and O–H groups in total. The molecule has 0 spiro atoms. The van der Waals surface area contributed by atoms with Gasteiger partial charge in [0.15, 0.2) is 0 Å². The number of benzene rings is 3. The first kappa shape index (κ1) is 23.7. The minimum Gasteiger partial charge on any atom is -0.469 e. The molecule has 170 valence electrons. The van der Waals surface area contributed by atoms with Gasteiger partial charge in [0.05, 0.1) is 13.5 Å². The molecule has 0 aliphatic rings. The number of carbonyl (C=O) groups excluding carboxylic acids is 3. The van der Waals surface area contributed by atoms with Crippen LogP contribution in [0.15, 0.2) is 91.0 Å². The molecule has 3 aromatic rings. The SMILES string of the molecule is COC(=O)C[C@H](Cc1ccccc1)NC(=O)[C@H](Cc1ccccc1)NC(=O)c1ccccc1. The molecule has 6 heteroatoms. The predicted molar refractivity (Wildman–Crippen MR) is 127 cm³/mol. The zero-order valence-corrected chi connectivity index (χ0v) is 18.6. The van der Waals surface area contributed by atoms with Crippen LogP contribution in [0.5, 0.6) is 0 Å². The zero-order valence-electron chi connectivity index (χ0n) is 18.6. The molecule has 2 amide bonds. The maximum Gasteiger partial charge on any atom is 0.307 e. The van der Waals surface area contributed by atoms with Gasteiger partial charge in [0.1, 0.15) is 6.04 Å². The summed E-state index contributed by atoms with van der Waals surface area (Å²) in [7, 11) is 1.32. The summed E-state index contributed by atoms with van der Waals surface area (Å²) < 4.78 is 4.82. The highest BCUT2D eigenvalue weighted by Crippen LogP contribution is 2.10. The molecule has 0 radical (unpaired) electrons. The quantitative estimate of drug-likeness (QED) is 0.470. The number of amides is 2. The number of ether oxygens (including phenoxy) is 1. The van der Waals surface area contributed by atoms with Crippen molar-refractivity contribution >= 4 is 17.8 Å². The molecule has 0 fully saturated rings.